The third-order valence-electron chi connectivity index (χ3n) is 7.98. The molecule has 3 aliphatic carbocycles. The van der Waals surface area contributed by atoms with Gasteiger partial charge in [-0.25, -0.2) is 4.98 Å². The first-order chi connectivity index (χ1) is 14.3. The first kappa shape index (κ1) is 19.5. The monoisotopic (exact) mass is 409 g/mol. The van der Waals surface area contributed by atoms with Crippen LogP contribution in [0.2, 0.25) is 0 Å². The summed E-state index contributed by atoms with van der Waals surface area (Å²) in [5.74, 6) is 1.88. The number of carbonyl (C=O) groups excluding carboxylic acids is 2. The first-order valence-electron chi connectivity index (χ1n) is 11.2. The number of pyridine rings is 1. The Morgan fingerprint density at radius 2 is 2.10 bits per heavy atom. The zero-order valence-corrected chi connectivity index (χ0v) is 17.8. The van der Waals surface area contributed by atoms with Crippen molar-refractivity contribution in [2.75, 3.05) is 19.6 Å². The molecular weight excluding hydrogens is 378 g/mol. The molecule has 2 amide bonds. The van der Waals surface area contributed by atoms with Crippen LogP contribution in [-0.2, 0) is 0 Å². The summed E-state index contributed by atoms with van der Waals surface area (Å²) in [4.78, 5) is 32.0. The minimum absolute atomic E-state index is 0.0306. The van der Waals surface area contributed by atoms with Crippen LogP contribution in [0.5, 0.6) is 0 Å². The minimum atomic E-state index is -0.123. The molecule has 4 aliphatic rings. The van der Waals surface area contributed by atoms with Gasteiger partial charge in [-0.1, -0.05) is 19.9 Å². The molecule has 3 saturated carbocycles. The number of likely N-dealkylation sites (tertiary alicyclic amines) is 1. The second kappa shape index (κ2) is 7.08. The molecule has 0 radical (unpaired) electrons. The summed E-state index contributed by atoms with van der Waals surface area (Å²) in [7, 11) is 0. The van der Waals surface area contributed by atoms with E-state index >= 15 is 0 Å². The highest BCUT2D eigenvalue weighted by molar-refractivity contribution is 5.95. The predicted octanol–water partition coefficient (Wildman–Crippen LogP) is 2.31. The van der Waals surface area contributed by atoms with Gasteiger partial charge < -0.3 is 16.0 Å². The fraction of sp³-hybridized carbons (Fsp3) is 0.609. The van der Waals surface area contributed by atoms with Crippen molar-refractivity contribution >= 4 is 17.5 Å². The van der Waals surface area contributed by atoms with Crippen molar-refractivity contribution in [3.8, 4) is 0 Å². The second-order valence-electron chi connectivity index (χ2n) is 9.97. The number of imidazole rings is 1. The molecular formula is C23H31N5O2. The lowest BCUT2D eigenvalue weighted by molar-refractivity contribution is -0.103. The highest BCUT2D eigenvalue weighted by atomic mass is 16.2. The third-order valence-corrected chi connectivity index (χ3v) is 7.98. The second-order valence-corrected chi connectivity index (χ2v) is 9.97. The molecule has 7 nitrogen and oxygen atoms in total. The van der Waals surface area contributed by atoms with E-state index in [0.717, 1.165) is 12.3 Å². The molecule has 2 aromatic rings. The van der Waals surface area contributed by atoms with Crippen molar-refractivity contribution in [2.45, 2.75) is 45.6 Å². The Bertz CT molecular complexity index is 995. The third kappa shape index (κ3) is 3.11. The lowest BCUT2D eigenvalue weighted by Gasteiger charge is -2.60. The highest BCUT2D eigenvalue weighted by Gasteiger charge is 2.53. The van der Waals surface area contributed by atoms with Crippen LogP contribution < -0.4 is 11.1 Å². The molecule has 2 aromatic heterocycles. The lowest BCUT2D eigenvalue weighted by atomic mass is 9.45. The van der Waals surface area contributed by atoms with Crippen molar-refractivity contribution in [1.29, 1.82) is 0 Å². The highest BCUT2D eigenvalue weighted by Crippen LogP contribution is 2.61. The van der Waals surface area contributed by atoms with Crippen LogP contribution in [0.4, 0.5) is 0 Å². The number of nitrogens with one attached hydrogen (secondary N) is 1. The summed E-state index contributed by atoms with van der Waals surface area (Å²) >= 11 is 0. The molecule has 1 saturated heterocycles. The Kier molecular flexibility index (Phi) is 4.61. The summed E-state index contributed by atoms with van der Waals surface area (Å²) in [5, 5.41) is 3.15. The van der Waals surface area contributed by atoms with Crippen LogP contribution in [0.25, 0.3) is 5.65 Å². The summed E-state index contributed by atoms with van der Waals surface area (Å²) in [6, 6.07) is 5.45. The number of rotatable bonds is 4. The van der Waals surface area contributed by atoms with Crippen LogP contribution in [0.3, 0.4) is 0 Å². The van der Waals surface area contributed by atoms with Crippen molar-refractivity contribution in [1.82, 2.24) is 19.6 Å². The van der Waals surface area contributed by atoms with Gasteiger partial charge in [0.05, 0.1) is 0 Å². The maximum Gasteiger partial charge on any atom is 0.274 e. The van der Waals surface area contributed by atoms with Crippen LogP contribution in [0, 0.1) is 23.2 Å². The van der Waals surface area contributed by atoms with Gasteiger partial charge >= 0.3 is 0 Å². The number of aromatic nitrogens is 2. The SMILES string of the molecule is CC1(C)[C@H]2CC[C@@H](CNC(=O)c3cccc4nc(C(=O)N5CC[C@H](N)C5)cn34)[C@@H]1C2. The predicted molar refractivity (Wildman–Crippen MR) is 114 cm³/mol. The Labute approximate surface area is 177 Å². The Hall–Kier alpha value is -2.41. The molecule has 0 unspecified atom stereocenters. The van der Waals surface area contributed by atoms with Crippen molar-refractivity contribution in [3.05, 3.63) is 35.8 Å². The smallest absolute Gasteiger partial charge is 0.274 e. The molecule has 3 heterocycles. The zero-order chi connectivity index (χ0) is 21.0. The largest absolute Gasteiger partial charge is 0.350 e. The molecule has 1 aliphatic heterocycles. The molecule has 4 fully saturated rings. The van der Waals surface area contributed by atoms with Gasteiger partial charge in [0.25, 0.3) is 11.8 Å². The summed E-state index contributed by atoms with van der Waals surface area (Å²) in [6.45, 7) is 6.67. The van der Waals surface area contributed by atoms with Crippen LogP contribution in [-0.4, -0.2) is 51.8 Å². The quantitative estimate of drug-likeness (QED) is 0.810. The van der Waals surface area contributed by atoms with Gasteiger partial charge in [-0.15, -0.1) is 0 Å². The van der Waals surface area contributed by atoms with Gasteiger partial charge in [-0.3, -0.25) is 14.0 Å². The minimum Gasteiger partial charge on any atom is -0.350 e. The van der Waals surface area contributed by atoms with E-state index in [1.165, 1.54) is 19.3 Å². The number of amides is 2. The fourth-order valence-electron chi connectivity index (χ4n) is 5.95. The van der Waals surface area contributed by atoms with E-state index in [1.54, 1.807) is 21.6 Å². The van der Waals surface area contributed by atoms with Gasteiger partial charge in [0, 0.05) is 31.9 Å². The molecule has 6 rings (SSSR count). The molecule has 160 valence electrons. The average Bonchev–Trinajstić information content (AvgIpc) is 3.37. The van der Waals surface area contributed by atoms with Gasteiger partial charge in [-0.05, 0) is 61.0 Å². The fourth-order valence-corrected chi connectivity index (χ4v) is 5.95. The Balaban J connectivity index is 1.31. The molecule has 3 N–H and O–H groups in total. The van der Waals surface area contributed by atoms with Crippen LogP contribution >= 0.6 is 0 Å². The van der Waals surface area contributed by atoms with E-state index < -0.39 is 0 Å². The molecule has 0 spiro atoms. The van der Waals surface area contributed by atoms with Crippen molar-refractivity contribution in [2.24, 2.45) is 28.9 Å². The topological polar surface area (TPSA) is 92.7 Å². The van der Waals surface area contributed by atoms with E-state index in [2.05, 4.69) is 24.1 Å². The van der Waals surface area contributed by atoms with Crippen molar-refractivity contribution in [3.63, 3.8) is 0 Å². The van der Waals surface area contributed by atoms with Crippen LogP contribution in [0.15, 0.2) is 24.4 Å². The zero-order valence-electron chi connectivity index (χ0n) is 17.8. The van der Waals surface area contributed by atoms with Crippen molar-refractivity contribution < 1.29 is 9.59 Å². The Morgan fingerprint density at radius 1 is 1.27 bits per heavy atom. The number of hydrogen-bond donors (Lipinski definition) is 2. The first-order valence-corrected chi connectivity index (χ1v) is 11.2. The summed E-state index contributed by atoms with van der Waals surface area (Å²) in [5.41, 5.74) is 7.82. The maximum absolute atomic E-state index is 13.0. The lowest BCUT2D eigenvalue weighted by Crippen LogP contribution is -2.54. The van der Waals surface area contributed by atoms with Gasteiger partial charge in [0.2, 0.25) is 0 Å². The summed E-state index contributed by atoms with van der Waals surface area (Å²) < 4.78 is 1.72. The number of carbonyl (C=O) groups is 2. The van der Waals surface area contributed by atoms with Gasteiger partial charge in [0.1, 0.15) is 17.0 Å². The normalized spacial score (nSPS) is 29.6. The van der Waals surface area contributed by atoms with E-state index in [9.17, 15) is 9.59 Å². The number of nitrogens with two attached hydrogens (primary N) is 1. The molecule has 2 bridgehead atoms. The molecule has 4 atom stereocenters. The van der Waals surface area contributed by atoms with Crippen LogP contribution in [0.1, 0.15) is 60.5 Å². The van der Waals surface area contributed by atoms with E-state index in [-0.39, 0.29) is 17.9 Å². The molecule has 7 heteroatoms. The average molecular weight is 410 g/mol. The van der Waals surface area contributed by atoms with E-state index in [0.29, 0.717) is 53.9 Å². The standard InChI is InChI=1S/C23H31N5O2/c1-23(2)15-7-6-14(17(23)10-15)11-25-21(29)19-4-3-5-20-26-18(13-28(19)20)22(30)27-9-8-16(24)12-27/h3-5,13-17H,6-12,24H2,1-2H3,(H,25,29)/t14-,15-,16-,17-/m0/s1. The van der Waals surface area contributed by atoms with E-state index in [1.807, 2.05) is 12.1 Å². The Morgan fingerprint density at radius 3 is 2.80 bits per heavy atom. The molecule has 30 heavy (non-hydrogen) atoms. The summed E-state index contributed by atoms with van der Waals surface area (Å²) in [6.07, 6.45) is 6.26. The molecule has 0 aromatic carbocycles. The van der Waals surface area contributed by atoms with Gasteiger partial charge in [-0.2, -0.15) is 0 Å². The number of nitrogens with zero attached hydrogens (tertiary/aromatic N) is 3. The number of hydrogen-bond acceptors (Lipinski definition) is 4. The van der Waals surface area contributed by atoms with Gasteiger partial charge in [0.15, 0.2) is 0 Å². The maximum atomic E-state index is 13.0. The van der Waals surface area contributed by atoms with E-state index in [4.69, 9.17) is 5.73 Å². The number of fused-ring (bicyclic) bond motifs is 3.